The Kier molecular flexibility index (Phi) is 6.16. The minimum atomic E-state index is -0.0650. The zero-order chi connectivity index (χ0) is 22.6. The van der Waals surface area contributed by atoms with Gasteiger partial charge in [0, 0.05) is 18.4 Å². The van der Waals surface area contributed by atoms with Crippen LogP contribution < -0.4 is 0 Å². The molecular formula is C29H44O2. The summed E-state index contributed by atoms with van der Waals surface area (Å²) in [5.41, 5.74) is 1.16. The number of allylic oxidation sites excluding steroid dienone is 3. The van der Waals surface area contributed by atoms with Gasteiger partial charge in [-0.15, -0.1) is 0 Å². The van der Waals surface area contributed by atoms with Crippen molar-refractivity contribution in [3.8, 4) is 0 Å². The predicted molar refractivity (Wildman–Crippen MR) is 128 cm³/mol. The quantitative estimate of drug-likeness (QED) is 0.438. The van der Waals surface area contributed by atoms with E-state index < -0.39 is 0 Å². The van der Waals surface area contributed by atoms with Gasteiger partial charge in [0.1, 0.15) is 0 Å². The summed E-state index contributed by atoms with van der Waals surface area (Å²) in [5, 5.41) is 0. The minimum absolute atomic E-state index is 0.0650. The van der Waals surface area contributed by atoms with E-state index in [1.807, 2.05) is 0 Å². The summed E-state index contributed by atoms with van der Waals surface area (Å²) in [6.45, 7) is 14.3. The summed E-state index contributed by atoms with van der Waals surface area (Å²) in [4.78, 5) is 25.2. The largest absolute Gasteiger partial charge is 0.295 e. The molecule has 4 aliphatic rings. The van der Waals surface area contributed by atoms with E-state index in [-0.39, 0.29) is 17.0 Å². The molecule has 0 N–H and O–H groups in total. The van der Waals surface area contributed by atoms with Crippen LogP contribution in [0.3, 0.4) is 0 Å². The van der Waals surface area contributed by atoms with Crippen LogP contribution in [0.5, 0.6) is 0 Å². The summed E-state index contributed by atoms with van der Waals surface area (Å²) >= 11 is 0. The van der Waals surface area contributed by atoms with Crippen LogP contribution in [0.25, 0.3) is 0 Å². The van der Waals surface area contributed by atoms with Crippen molar-refractivity contribution >= 4 is 11.6 Å². The maximum Gasteiger partial charge on any atom is 0.159 e. The Morgan fingerprint density at radius 2 is 1.77 bits per heavy atom. The van der Waals surface area contributed by atoms with Crippen LogP contribution in [0, 0.1) is 52.3 Å². The van der Waals surface area contributed by atoms with E-state index in [0.29, 0.717) is 53.8 Å². The minimum Gasteiger partial charge on any atom is -0.295 e. The number of hydrogen-bond donors (Lipinski definition) is 0. The molecule has 4 rings (SSSR count). The normalized spacial score (nSPS) is 42.2. The molecule has 0 amide bonds. The van der Waals surface area contributed by atoms with E-state index in [9.17, 15) is 9.59 Å². The molecule has 0 unspecified atom stereocenters. The molecule has 3 saturated carbocycles. The summed E-state index contributed by atoms with van der Waals surface area (Å²) in [6, 6.07) is 0. The number of rotatable bonds is 5. The predicted octanol–water partition coefficient (Wildman–Crippen LogP) is 7.19. The Morgan fingerprint density at radius 1 is 1.03 bits per heavy atom. The first-order chi connectivity index (χ1) is 14.6. The number of carbonyl (C=O) groups excluding carboxylic acids is 2. The molecule has 0 spiro atoms. The van der Waals surface area contributed by atoms with Crippen molar-refractivity contribution in [1.29, 1.82) is 0 Å². The van der Waals surface area contributed by atoms with Crippen LogP contribution in [0.1, 0.15) is 92.9 Å². The van der Waals surface area contributed by atoms with Crippen molar-refractivity contribution in [2.24, 2.45) is 52.3 Å². The van der Waals surface area contributed by atoms with Crippen molar-refractivity contribution in [3.63, 3.8) is 0 Å². The Balaban J connectivity index is 1.56. The van der Waals surface area contributed by atoms with Crippen LogP contribution in [-0.4, -0.2) is 11.6 Å². The fourth-order valence-corrected chi connectivity index (χ4v) is 8.57. The number of carbonyl (C=O) groups is 2. The van der Waals surface area contributed by atoms with Gasteiger partial charge in [0.25, 0.3) is 0 Å². The van der Waals surface area contributed by atoms with Gasteiger partial charge in [-0.3, -0.25) is 9.59 Å². The van der Waals surface area contributed by atoms with E-state index in [4.69, 9.17) is 0 Å². The average Bonchev–Trinajstić information content (AvgIpc) is 3.07. The molecule has 2 nitrogen and oxygen atoms in total. The highest BCUT2D eigenvalue weighted by Crippen LogP contribution is 2.67. The first kappa shape index (κ1) is 23.0. The highest BCUT2D eigenvalue weighted by molar-refractivity contribution is 6.05. The zero-order valence-corrected chi connectivity index (χ0v) is 20.7. The third-order valence-electron chi connectivity index (χ3n) is 10.5. The number of Topliss-reactive ketones (excluding diaryl/α,β-unsaturated/α-hetero) is 1. The molecule has 4 aliphatic carbocycles. The Hall–Kier alpha value is -1.18. The topological polar surface area (TPSA) is 34.1 Å². The molecule has 8 atom stereocenters. The van der Waals surface area contributed by atoms with Gasteiger partial charge in [-0.25, -0.2) is 0 Å². The second kappa shape index (κ2) is 8.31. The number of ketones is 2. The van der Waals surface area contributed by atoms with E-state index in [1.165, 1.54) is 32.1 Å². The second-order valence-electron chi connectivity index (χ2n) is 12.2. The molecule has 0 bridgehead atoms. The Bertz CT molecular complexity index is 789. The van der Waals surface area contributed by atoms with Crippen molar-refractivity contribution in [2.45, 2.75) is 92.9 Å². The fourth-order valence-electron chi connectivity index (χ4n) is 8.57. The molecule has 0 aromatic heterocycles. The van der Waals surface area contributed by atoms with Gasteiger partial charge in [-0.2, -0.15) is 0 Å². The first-order valence-corrected chi connectivity index (χ1v) is 13.1. The standard InChI is InChI=1S/C29H44O2/c1-7-20(18(2)3)9-8-19(4)23-10-11-24-22-17-27(31)26-16-21(30)12-14-29(26,6)25(22)13-15-28(23,24)5/h8-9,16,18-20,22-25H,7,10-15,17H2,1-6H3/b9-8+/t19-,20-,22+,23+,24+,25-,28+,29+/m1/s1. The van der Waals surface area contributed by atoms with Crippen LogP contribution in [-0.2, 0) is 9.59 Å². The van der Waals surface area contributed by atoms with E-state index in [2.05, 4.69) is 53.7 Å². The molecule has 0 aromatic carbocycles. The lowest BCUT2D eigenvalue weighted by atomic mass is 9.46. The van der Waals surface area contributed by atoms with Gasteiger partial charge in [0.15, 0.2) is 11.6 Å². The van der Waals surface area contributed by atoms with Gasteiger partial charge in [-0.05, 0) is 96.9 Å². The molecule has 0 aromatic rings. The summed E-state index contributed by atoms with van der Waals surface area (Å²) in [7, 11) is 0. The van der Waals surface area contributed by atoms with Crippen molar-refractivity contribution in [2.75, 3.05) is 0 Å². The fraction of sp³-hybridized carbons (Fsp3) is 0.793. The molecule has 3 fully saturated rings. The second-order valence-corrected chi connectivity index (χ2v) is 12.2. The maximum atomic E-state index is 13.2. The molecule has 2 heteroatoms. The average molecular weight is 425 g/mol. The van der Waals surface area contributed by atoms with Gasteiger partial charge in [0.05, 0.1) is 0 Å². The zero-order valence-electron chi connectivity index (χ0n) is 20.7. The summed E-state index contributed by atoms with van der Waals surface area (Å²) < 4.78 is 0. The maximum absolute atomic E-state index is 13.2. The lowest BCUT2D eigenvalue weighted by Gasteiger charge is -2.57. The van der Waals surface area contributed by atoms with Gasteiger partial charge in [-0.1, -0.05) is 53.7 Å². The van der Waals surface area contributed by atoms with Crippen LogP contribution in [0.4, 0.5) is 0 Å². The molecular weight excluding hydrogens is 380 g/mol. The van der Waals surface area contributed by atoms with Gasteiger partial charge in [0.2, 0.25) is 0 Å². The van der Waals surface area contributed by atoms with E-state index >= 15 is 0 Å². The van der Waals surface area contributed by atoms with Crippen LogP contribution in [0.2, 0.25) is 0 Å². The molecule has 0 aliphatic heterocycles. The van der Waals surface area contributed by atoms with Crippen LogP contribution in [0.15, 0.2) is 23.8 Å². The highest BCUT2D eigenvalue weighted by atomic mass is 16.1. The lowest BCUT2D eigenvalue weighted by Crippen LogP contribution is -2.53. The third-order valence-corrected chi connectivity index (χ3v) is 10.5. The van der Waals surface area contributed by atoms with Crippen molar-refractivity contribution in [1.82, 2.24) is 0 Å². The van der Waals surface area contributed by atoms with Crippen LogP contribution >= 0.6 is 0 Å². The van der Waals surface area contributed by atoms with E-state index in [1.54, 1.807) is 6.08 Å². The lowest BCUT2D eigenvalue weighted by molar-refractivity contribution is -0.131. The summed E-state index contributed by atoms with van der Waals surface area (Å²) in [5.74, 6) is 4.92. The van der Waals surface area contributed by atoms with Crippen molar-refractivity contribution < 1.29 is 9.59 Å². The Morgan fingerprint density at radius 3 is 2.45 bits per heavy atom. The molecule has 172 valence electrons. The van der Waals surface area contributed by atoms with Crippen molar-refractivity contribution in [3.05, 3.63) is 23.8 Å². The van der Waals surface area contributed by atoms with Gasteiger partial charge >= 0.3 is 0 Å². The van der Waals surface area contributed by atoms with E-state index in [0.717, 1.165) is 17.9 Å². The Labute approximate surface area is 190 Å². The first-order valence-electron chi connectivity index (χ1n) is 13.1. The highest BCUT2D eigenvalue weighted by Gasteiger charge is 2.60. The number of fused-ring (bicyclic) bond motifs is 5. The summed E-state index contributed by atoms with van der Waals surface area (Å²) in [6.07, 6.45) is 15.2. The van der Waals surface area contributed by atoms with Gasteiger partial charge < -0.3 is 0 Å². The SMILES string of the molecule is CC[C@H](/C=C/[C@@H](C)[C@@H]1CC[C@H]2[C@@H]3CC(=O)C4=CC(=O)CC[C@@]4(C)[C@@H]3CC[C@]21C)C(C)C. The molecule has 0 saturated heterocycles. The third kappa shape index (κ3) is 3.70. The molecule has 31 heavy (non-hydrogen) atoms. The number of hydrogen-bond acceptors (Lipinski definition) is 2. The smallest absolute Gasteiger partial charge is 0.159 e. The monoisotopic (exact) mass is 424 g/mol. The molecule has 0 heterocycles. The molecule has 0 radical (unpaired) electrons.